The van der Waals surface area contributed by atoms with Crippen LogP contribution in [0.1, 0.15) is 40.5 Å². The van der Waals surface area contributed by atoms with Gasteiger partial charge in [0.05, 0.1) is 10.8 Å². The van der Waals surface area contributed by atoms with Crippen molar-refractivity contribution in [2.24, 2.45) is 11.1 Å². The molecular formula is C20H29N3O7S. The van der Waals surface area contributed by atoms with Gasteiger partial charge in [-0.05, 0) is 58.7 Å². The zero-order chi connectivity index (χ0) is 23.4. The summed E-state index contributed by atoms with van der Waals surface area (Å²) >= 11 is 0. The minimum absolute atomic E-state index is 0.151. The summed E-state index contributed by atoms with van der Waals surface area (Å²) in [5.41, 5.74) is -0.439. The molecule has 1 aliphatic rings. The molecule has 1 aliphatic heterocycles. The molecule has 1 aromatic rings. The molecule has 11 heteroatoms. The molecule has 1 heterocycles. The van der Waals surface area contributed by atoms with E-state index in [1.165, 1.54) is 36.1 Å². The van der Waals surface area contributed by atoms with Crippen molar-refractivity contribution >= 4 is 33.7 Å². The summed E-state index contributed by atoms with van der Waals surface area (Å²) in [6.07, 6.45) is -0.476. The number of likely N-dealkylation sites (tertiary alicyclic amines) is 1. The first-order chi connectivity index (χ1) is 14.3. The van der Waals surface area contributed by atoms with Gasteiger partial charge in [0.2, 0.25) is 10.0 Å². The minimum atomic E-state index is -3.92. The molecule has 10 nitrogen and oxygen atoms in total. The number of ether oxygens (including phenoxy) is 2. The molecule has 2 atom stereocenters. The second-order valence-corrected chi connectivity index (χ2v) is 9.97. The largest absolute Gasteiger partial charge is 0.452 e. The number of hydrogen-bond acceptors (Lipinski definition) is 7. The van der Waals surface area contributed by atoms with E-state index in [9.17, 15) is 22.8 Å². The number of carbonyl (C=O) groups excluding carboxylic acids is 3. The van der Waals surface area contributed by atoms with E-state index in [2.05, 4.69) is 5.32 Å². The lowest BCUT2D eigenvalue weighted by Crippen LogP contribution is -2.45. The number of carbonyl (C=O) groups is 3. The summed E-state index contributed by atoms with van der Waals surface area (Å²) in [5.74, 6) is -1.78. The van der Waals surface area contributed by atoms with Crippen LogP contribution < -0.4 is 10.5 Å². The molecule has 1 aromatic carbocycles. The van der Waals surface area contributed by atoms with Crippen molar-refractivity contribution in [2.45, 2.75) is 57.1 Å². The van der Waals surface area contributed by atoms with Gasteiger partial charge < -0.3 is 19.7 Å². The number of hydrogen-bond donors (Lipinski definition) is 2. The average molecular weight is 456 g/mol. The van der Waals surface area contributed by atoms with Crippen LogP contribution in [-0.2, 0) is 29.1 Å². The molecule has 2 unspecified atom stereocenters. The molecule has 0 saturated carbocycles. The Kier molecular flexibility index (Phi) is 7.66. The molecule has 1 saturated heterocycles. The highest BCUT2D eigenvalue weighted by atomic mass is 32.2. The maximum absolute atomic E-state index is 12.5. The number of piperidine rings is 1. The zero-order valence-corrected chi connectivity index (χ0v) is 18.9. The van der Waals surface area contributed by atoms with Gasteiger partial charge in [-0.25, -0.2) is 18.4 Å². The van der Waals surface area contributed by atoms with Crippen LogP contribution in [0.25, 0.3) is 0 Å². The molecule has 1 fully saturated rings. The molecular weight excluding hydrogens is 426 g/mol. The third-order valence-electron chi connectivity index (χ3n) is 4.50. The molecule has 2 rings (SSSR count). The summed E-state index contributed by atoms with van der Waals surface area (Å²) < 4.78 is 33.5. The van der Waals surface area contributed by atoms with Crippen molar-refractivity contribution in [2.75, 3.05) is 18.4 Å². The lowest BCUT2D eigenvalue weighted by molar-refractivity contribution is -0.158. The highest BCUT2D eigenvalue weighted by Crippen LogP contribution is 2.21. The van der Waals surface area contributed by atoms with Gasteiger partial charge >= 0.3 is 12.1 Å². The summed E-state index contributed by atoms with van der Waals surface area (Å²) in [6, 6.07) is 5.43. The first-order valence-electron chi connectivity index (χ1n) is 9.88. The summed E-state index contributed by atoms with van der Waals surface area (Å²) in [6.45, 7) is 7.33. The number of esters is 1. The number of primary sulfonamides is 1. The Hall–Kier alpha value is -2.66. The van der Waals surface area contributed by atoms with Gasteiger partial charge in [-0.3, -0.25) is 9.59 Å². The number of rotatable bonds is 5. The van der Waals surface area contributed by atoms with Crippen LogP contribution in [0, 0.1) is 5.92 Å². The summed E-state index contributed by atoms with van der Waals surface area (Å²) in [4.78, 5) is 38.5. The first kappa shape index (κ1) is 24.6. The smallest absolute Gasteiger partial charge is 0.410 e. The van der Waals surface area contributed by atoms with Crippen LogP contribution in [0.3, 0.4) is 0 Å². The molecule has 0 aliphatic carbocycles. The van der Waals surface area contributed by atoms with Crippen LogP contribution in [0.2, 0.25) is 0 Å². The molecule has 0 spiro atoms. The van der Waals surface area contributed by atoms with Gasteiger partial charge in [0.1, 0.15) is 5.60 Å². The third kappa shape index (κ3) is 7.51. The topological polar surface area (TPSA) is 145 Å². The number of nitrogens with one attached hydrogen (secondary N) is 1. The minimum Gasteiger partial charge on any atom is -0.452 e. The molecule has 0 bridgehead atoms. The maximum Gasteiger partial charge on any atom is 0.410 e. The Balaban J connectivity index is 1.94. The first-order valence-corrected chi connectivity index (χ1v) is 11.4. The van der Waals surface area contributed by atoms with Gasteiger partial charge in [-0.15, -0.1) is 0 Å². The van der Waals surface area contributed by atoms with Crippen molar-refractivity contribution in [3.63, 3.8) is 0 Å². The molecule has 31 heavy (non-hydrogen) atoms. The number of nitrogens with two attached hydrogens (primary N) is 1. The highest BCUT2D eigenvalue weighted by Gasteiger charge is 2.33. The highest BCUT2D eigenvalue weighted by molar-refractivity contribution is 7.89. The monoisotopic (exact) mass is 455 g/mol. The predicted octanol–water partition coefficient (Wildman–Crippen LogP) is 1.85. The van der Waals surface area contributed by atoms with Crippen LogP contribution in [0.5, 0.6) is 0 Å². The van der Waals surface area contributed by atoms with Crippen LogP contribution in [0.15, 0.2) is 29.2 Å². The van der Waals surface area contributed by atoms with E-state index in [1.54, 1.807) is 20.8 Å². The van der Waals surface area contributed by atoms with E-state index in [0.29, 0.717) is 19.4 Å². The second kappa shape index (κ2) is 9.65. The standard InChI is InChI=1S/C20H29N3O7S/c1-13(17(24)22-15-8-5-9-16(11-15)31(21,27)28)29-18(25)14-7-6-10-23(12-14)19(26)30-20(2,3)4/h5,8-9,11,13-14H,6-7,10,12H2,1-4H3,(H,22,24)(H2,21,27,28). The quantitative estimate of drug-likeness (QED) is 0.644. The number of anilines is 1. The molecule has 172 valence electrons. The van der Waals surface area contributed by atoms with Crippen molar-refractivity contribution in [1.29, 1.82) is 0 Å². The fourth-order valence-corrected chi connectivity index (χ4v) is 3.54. The molecule has 3 N–H and O–H groups in total. The van der Waals surface area contributed by atoms with Crippen molar-refractivity contribution in [3.8, 4) is 0 Å². The lowest BCUT2D eigenvalue weighted by Gasteiger charge is -2.33. The van der Waals surface area contributed by atoms with Crippen LogP contribution in [0.4, 0.5) is 10.5 Å². The second-order valence-electron chi connectivity index (χ2n) is 8.41. The lowest BCUT2D eigenvalue weighted by atomic mass is 9.98. The van der Waals surface area contributed by atoms with Crippen LogP contribution >= 0.6 is 0 Å². The Labute approximate surface area is 182 Å². The third-order valence-corrected chi connectivity index (χ3v) is 5.41. The van der Waals surface area contributed by atoms with E-state index in [1.807, 2.05) is 0 Å². The Bertz CT molecular complexity index is 940. The fourth-order valence-electron chi connectivity index (χ4n) is 2.98. The van der Waals surface area contributed by atoms with Gasteiger partial charge in [-0.2, -0.15) is 0 Å². The van der Waals surface area contributed by atoms with E-state index >= 15 is 0 Å². The summed E-state index contributed by atoms with van der Waals surface area (Å²) in [5, 5.41) is 7.58. The van der Waals surface area contributed by atoms with Crippen molar-refractivity contribution in [3.05, 3.63) is 24.3 Å². The number of nitrogens with zero attached hydrogens (tertiary/aromatic N) is 1. The average Bonchev–Trinajstić information content (AvgIpc) is 2.66. The maximum atomic E-state index is 12.5. The van der Waals surface area contributed by atoms with Crippen molar-refractivity contribution < 1.29 is 32.3 Å². The van der Waals surface area contributed by atoms with Crippen molar-refractivity contribution in [1.82, 2.24) is 4.90 Å². The van der Waals surface area contributed by atoms with Gasteiger partial charge in [0.15, 0.2) is 6.10 Å². The SMILES string of the molecule is CC(OC(=O)C1CCCN(C(=O)OC(C)(C)C)C1)C(=O)Nc1cccc(S(N)(=O)=O)c1. The van der Waals surface area contributed by atoms with E-state index in [4.69, 9.17) is 14.6 Å². The predicted molar refractivity (Wildman–Crippen MR) is 113 cm³/mol. The Morgan fingerprint density at radius 1 is 1.26 bits per heavy atom. The number of amides is 2. The van der Waals surface area contributed by atoms with Crippen LogP contribution in [-0.4, -0.2) is 56.1 Å². The molecule has 0 aromatic heterocycles. The molecule has 2 amide bonds. The van der Waals surface area contributed by atoms with E-state index < -0.39 is 45.6 Å². The number of benzene rings is 1. The molecule has 0 radical (unpaired) electrons. The Morgan fingerprint density at radius 2 is 1.94 bits per heavy atom. The fraction of sp³-hybridized carbons (Fsp3) is 0.550. The van der Waals surface area contributed by atoms with E-state index in [-0.39, 0.29) is 17.1 Å². The van der Waals surface area contributed by atoms with Gasteiger partial charge in [0, 0.05) is 18.8 Å². The Morgan fingerprint density at radius 3 is 2.55 bits per heavy atom. The zero-order valence-electron chi connectivity index (χ0n) is 18.1. The normalized spacial score (nSPS) is 18.1. The van der Waals surface area contributed by atoms with Gasteiger partial charge in [-0.1, -0.05) is 6.07 Å². The summed E-state index contributed by atoms with van der Waals surface area (Å²) in [7, 11) is -3.92. The van der Waals surface area contributed by atoms with Gasteiger partial charge in [0.25, 0.3) is 5.91 Å². The van der Waals surface area contributed by atoms with E-state index in [0.717, 1.165) is 0 Å². The number of sulfonamides is 1.